The van der Waals surface area contributed by atoms with Crippen LogP contribution in [-0.2, 0) is 0 Å². The Kier molecular flexibility index (Phi) is 4.15. The summed E-state index contributed by atoms with van der Waals surface area (Å²) in [7, 11) is 0. The van der Waals surface area contributed by atoms with Crippen molar-refractivity contribution in [2.24, 2.45) is 0 Å². The van der Waals surface area contributed by atoms with Crippen LogP contribution in [0.4, 0.5) is 0 Å². The maximum Gasteiger partial charge on any atom is 0.0242 e. The van der Waals surface area contributed by atoms with Gasteiger partial charge in [0.05, 0.1) is 0 Å². The van der Waals surface area contributed by atoms with Crippen LogP contribution in [0.1, 0.15) is 38.3 Å². The zero-order chi connectivity index (χ0) is 8.27. The lowest BCUT2D eigenvalue weighted by molar-refractivity contribution is 0.866. The molecule has 0 nitrogen and oxygen atoms in total. The van der Waals surface area contributed by atoms with E-state index in [1.54, 1.807) is 0 Å². The van der Waals surface area contributed by atoms with Crippen molar-refractivity contribution in [2.75, 3.05) is 0 Å². The highest BCUT2D eigenvalue weighted by Crippen LogP contribution is 2.13. The molecule has 12 heavy (non-hydrogen) atoms. The normalized spacial score (nSPS) is 8.83. The summed E-state index contributed by atoms with van der Waals surface area (Å²) in [6, 6.07) is 8.13. The van der Waals surface area contributed by atoms with Crippen molar-refractivity contribution in [3.05, 3.63) is 35.4 Å². The third kappa shape index (κ3) is 2.43. The van der Waals surface area contributed by atoms with Crippen molar-refractivity contribution in [1.82, 2.24) is 0 Å². The van der Waals surface area contributed by atoms with Gasteiger partial charge >= 0.3 is 0 Å². The van der Waals surface area contributed by atoms with E-state index in [1.165, 1.54) is 5.56 Å². The predicted octanol–water partition coefficient (Wildman–Crippen LogP) is 3.43. The fourth-order valence-electron chi connectivity index (χ4n) is 0.964. The Morgan fingerprint density at radius 1 is 1.17 bits per heavy atom. The Labute approximate surface area is 75.6 Å². The summed E-state index contributed by atoms with van der Waals surface area (Å²) in [6.45, 7) is 4.34. The van der Waals surface area contributed by atoms with Crippen molar-refractivity contribution >= 4 is 0 Å². The minimum atomic E-state index is 0. The molecule has 0 fully saturated rings. The Morgan fingerprint density at radius 3 is 2.00 bits per heavy atom. The van der Waals surface area contributed by atoms with Crippen LogP contribution in [0.15, 0.2) is 24.3 Å². The summed E-state index contributed by atoms with van der Waals surface area (Å²) < 4.78 is 0. The second-order valence-electron chi connectivity index (χ2n) is 2.92. The summed E-state index contributed by atoms with van der Waals surface area (Å²) in [4.78, 5) is 0. The first-order chi connectivity index (χ1) is 5.24. The molecule has 0 heterocycles. The molecule has 0 heteroatoms. The molecule has 64 valence electrons. The molecule has 0 unspecified atom stereocenters. The van der Waals surface area contributed by atoms with Gasteiger partial charge in [-0.1, -0.05) is 39.3 Å². The Hall–Kier alpha value is -1.22. The molecule has 0 spiro atoms. The summed E-state index contributed by atoms with van der Waals surface area (Å²) >= 11 is 0. The van der Waals surface area contributed by atoms with Crippen LogP contribution < -0.4 is 0 Å². The van der Waals surface area contributed by atoms with E-state index < -0.39 is 0 Å². The maximum absolute atomic E-state index is 5.23. The van der Waals surface area contributed by atoms with Crippen LogP contribution in [0.3, 0.4) is 0 Å². The zero-order valence-electron chi connectivity index (χ0n) is 6.96. The van der Waals surface area contributed by atoms with Crippen LogP contribution in [0.5, 0.6) is 0 Å². The summed E-state index contributed by atoms with van der Waals surface area (Å²) in [6.07, 6.45) is 5.23. The SMILES string of the molecule is C.C#Cc1ccc(C(C)C)cc1. The second kappa shape index (κ2) is 4.62. The van der Waals surface area contributed by atoms with E-state index in [-0.39, 0.29) is 7.43 Å². The third-order valence-corrected chi connectivity index (χ3v) is 1.74. The molecule has 0 bridgehead atoms. The van der Waals surface area contributed by atoms with Crippen molar-refractivity contribution in [3.63, 3.8) is 0 Å². The Bertz CT molecular complexity index is 259. The fraction of sp³-hybridized carbons (Fsp3) is 0.333. The van der Waals surface area contributed by atoms with Gasteiger partial charge in [-0.15, -0.1) is 6.42 Å². The van der Waals surface area contributed by atoms with Gasteiger partial charge in [0.15, 0.2) is 0 Å². The van der Waals surface area contributed by atoms with E-state index in [4.69, 9.17) is 6.42 Å². The van der Waals surface area contributed by atoms with Crippen LogP contribution in [0.2, 0.25) is 0 Å². The smallest absolute Gasteiger partial charge is 0.0242 e. The summed E-state index contributed by atoms with van der Waals surface area (Å²) in [5.74, 6) is 3.18. The van der Waals surface area contributed by atoms with Crippen LogP contribution in [0, 0.1) is 12.3 Å². The molecule has 1 aromatic carbocycles. The van der Waals surface area contributed by atoms with Crippen molar-refractivity contribution < 1.29 is 0 Å². The standard InChI is InChI=1S/C11H12.CH4/c1-4-10-5-7-11(8-6-10)9(2)3;/h1,5-9H,2-3H3;1H4. The van der Waals surface area contributed by atoms with Gasteiger partial charge in [-0.05, 0) is 23.6 Å². The molecule has 0 saturated heterocycles. The van der Waals surface area contributed by atoms with E-state index in [2.05, 4.69) is 31.9 Å². The van der Waals surface area contributed by atoms with Gasteiger partial charge in [-0.2, -0.15) is 0 Å². The molecule has 1 aromatic rings. The Balaban J connectivity index is 0.00000121. The average Bonchev–Trinajstić information content (AvgIpc) is 2.05. The molecule has 0 aliphatic heterocycles. The molecular weight excluding hydrogens is 144 g/mol. The van der Waals surface area contributed by atoms with Gasteiger partial charge in [0.1, 0.15) is 0 Å². The number of benzene rings is 1. The molecule has 0 aromatic heterocycles. The highest BCUT2D eigenvalue weighted by atomic mass is 14.0. The van der Waals surface area contributed by atoms with E-state index >= 15 is 0 Å². The van der Waals surface area contributed by atoms with E-state index in [9.17, 15) is 0 Å². The van der Waals surface area contributed by atoms with Crippen molar-refractivity contribution in [2.45, 2.75) is 27.2 Å². The van der Waals surface area contributed by atoms with Gasteiger partial charge in [0.25, 0.3) is 0 Å². The number of hydrogen-bond donors (Lipinski definition) is 0. The summed E-state index contributed by atoms with van der Waals surface area (Å²) in [5.41, 5.74) is 2.29. The van der Waals surface area contributed by atoms with Gasteiger partial charge < -0.3 is 0 Å². The monoisotopic (exact) mass is 160 g/mol. The molecule has 0 radical (unpaired) electrons. The van der Waals surface area contributed by atoms with Crippen molar-refractivity contribution in [3.8, 4) is 12.3 Å². The van der Waals surface area contributed by atoms with Gasteiger partial charge in [0.2, 0.25) is 0 Å². The lowest BCUT2D eigenvalue weighted by atomic mass is 10.0. The lowest BCUT2D eigenvalue weighted by Gasteiger charge is -2.03. The van der Waals surface area contributed by atoms with Gasteiger partial charge in [0, 0.05) is 5.56 Å². The van der Waals surface area contributed by atoms with Crippen LogP contribution >= 0.6 is 0 Å². The molecule has 0 N–H and O–H groups in total. The number of terminal acetylenes is 1. The van der Waals surface area contributed by atoms with Gasteiger partial charge in [-0.25, -0.2) is 0 Å². The predicted molar refractivity (Wildman–Crippen MR) is 55.2 cm³/mol. The molecule has 0 aliphatic rings. The van der Waals surface area contributed by atoms with E-state index in [1.807, 2.05) is 12.1 Å². The molecule has 0 saturated carbocycles. The highest BCUT2D eigenvalue weighted by molar-refractivity contribution is 5.34. The molecule has 0 amide bonds. The molecule has 0 aliphatic carbocycles. The van der Waals surface area contributed by atoms with Crippen LogP contribution in [0.25, 0.3) is 0 Å². The molecule has 1 rings (SSSR count). The third-order valence-electron chi connectivity index (χ3n) is 1.74. The number of hydrogen-bond acceptors (Lipinski definition) is 0. The van der Waals surface area contributed by atoms with Gasteiger partial charge in [-0.3, -0.25) is 0 Å². The highest BCUT2D eigenvalue weighted by Gasteiger charge is 1.96. The summed E-state index contributed by atoms with van der Waals surface area (Å²) in [5, 5.41) is 0. The first-order valence-corrected chi connectivity index (χ1v) is 3.80. The minimum Gasteiger partial charge on any atom is -0.115 e. The zero-order valence-corrected chi connectivity index (χ0v) is 6.96. The topological polar surface area (TPSA) is 0 Å². The first kappa shape index (κ1) is 10.8. The largest absolute Gasteiger partial charge is 0.115 e. The fourth-order valence-corrected chi connectivity index (χ4v) is 0.964. The number of rotatable bonds is 1. The molecular formula is C12H16. The maximum atomic E-state index is 5.23. The molecule has 0 atom stereocenters. The van der Waals surface area contributed by atoms with E-state index in [0.717, 1.165) is 5.56 Å². The van der Waals surface area contributed by atoms with Crippen molar-refractivity contribution in [1.29, 1.82) is 0 Å². The lowest BCUT2D eigenvalue weighted by Crippen LogP contribution is -1.85. The minimum absolute atomic E-state index is 0. The first-order valence-electron chi connectivity index (χ1n) is 3.80. The second-order valence-corrected chi connectivity index (χ2v) is 2.92. The Morgan fingerprint density at radius 2 is 1.67 bits per heavy atom. The average molecular weight is 160 g/mol. The van der Waals surface area contributed by atoms with E-state index in [0.29, 0.717) is 5.92 Å². The van der Waals surface area contributed by atoms with Crippen LogP contribution in [-0.4, -0.2) is 0 Å². The quantitative estimate of drug-likeness (QED) is 0.552.